The number of likely N-dealkylation sites (N-methyl/N-ethyl adjacent to an activating group) is 1. The lowest BCUT2D eigenvalue weighted by atomic mass is 10.00. The zero-order valence-corrected chi connectivity index (χ0v) is 24.4. The highest BCUT2D eigenvalue weighted by molar-refractivity contribution is 7.09. The minimum atomic E-state index is -0.897. The maximum atomic E-state index is 13.5. The Kier molecular flexibility index (Phi) is 12.1. The Labute approximate surface area is 245 Å². The average molecular weight is 578 g/mol. The topological polar surface area (TPSA) is 148 Å². The fraction of sp³-hybridized carbons (Fsp3) is 0.355. The second kappa shape index (κ2) is 15.7. The Morgan fingerprint density at radius 1 is 0.902 bits per heavy atom. The summed E-state index contributed by atoms with van der Waals surface area (Å²) in [5.74, 6) is -1.63. The van der Waals surface area contributed by atoms with Crippen LogP contribution in [0.1, 0.15) is 36.6 Å². The molecule has 0 saturated carbocycles. The van der Waals surface area contributed by atoms with Gasteiger partial charge in [0.15, 0.2) is 0 Å². The molecular weight excluding hydrogens is 538 g/mol. The van der Waals surface area contributed by atoms with E-state index in [2.05, 4.69) is 10.6 Å². The Balaban J connectivity index is 1.66. The van der Waals surface area contributed by atoms with Crippen LogP contribution < -0.4 is 22.1 Å². The molecule has 3 rings (SSSR count). The largest absolute Gasteiger partial charge is 0.368 e. The van der Waals surface area contributed by atoms with Crippen LogP contribution in [0.15, 0.2) is 72.1 Å². The Bertz CT molecular complexity index is 1280. The first-order valence-corrected chi connectivity index (χ1v) is 14.6. The molecule has 10 heteroatoms. The van der Waals surface area contributed by atoms with E-state index in [0.717, 1.165) is 21.6 Å². The molecule has 0 unspecified atom stereocenters. The second-order valence-electron chi connectivity index (χ2n) is 10.1. The number of amides is 4. The van der Waals surface area contributed by atoms with Crippen molar-refractivity contribution in [2.24, 2.45) is 11.5 Å². The van der Waals surface area contributed by atoms with E-state index in [-0.39, 0.29) is 18.2 Å². The number of benzene rings is 2. The van der Waals surface area contributed by atoms with Crippen LogP contribution in [0, 0.1) is 0 Å². The summed E-state index contributed by atoms with van der Waals surface area (Å²) >= 11 is 1.48. The van der Waals surface area contributed by atoms with E-state index in [4.69, 9.17) is 11.5 Å². The lowest BCUT2D eigenvalue weighted by Gasteiger charge is -2.30. The number of nitrogens with zero attached hydrogens (tertiary/aromatic N) is 1. The standard InChI is InChI=1S/C31H39N5O4S/c1-21(37)34-17-7-6-12-27(29(33)38)35-30(39)28(20-25-11-8-18-41-25)36(2)31(40)26(32)19-22-13-15-24(16-14-22)23-9-4-3-5-10-23/h3-5,8-11,13-16,18,26-28H,6-7,12,17,19-20,32H2,1-2H3,(H2,33,38)(H,34,37)(H,35,39)/t26-,27+,28-/m1/s1. The van der Waals surface area contributed by atoms with E-state index in [1.165, 1.54) is 23.2 Å². The first kappa shape index (κ1) is 31.5. The number of carbonyl (C=O) groups excluding carboxylic acids is 4. The smallest absolute Gasteiger partial charge is 0.243 e. The van der Waals surface area contributed by atoms with Crippen molar-refractivity contribution in [2.45, 2.75) is 57.2 Å². The first-order chi connectivity index (χ1) is 19.7. The number of rotatable bonds is 15. The summed E-state index contributed by atoms with van der Waals surface area (Å²) in [7, 11) is 1.56. The number of nitrogens with one attached hydrogen (secondary N) is 2. The molecule has 0 aliphatic carbocycles. The SMILES string of the molecule is CC(=O)NCCCC[C@H](NC(=O)[C@@H](Cc1cccs1)N(C)C(=O)[C@H](N)Cc1ccc(-c2ccccc2)cc1)C(N)=O. The van der Waals surface area contributed by atoms with Crippen molar-refractivity contribution >= 4 is 35.0 Å². The van der Waals surface area contributed by atoms with E-state index < -0.39 is 29.9 Å². The molecule has 9 nitrogen and oxygen atoms in total. The number of primary amides is 1. The van der Waals surface area contributed by atoms with Gasteiger partial charge in [0.1, 0.15) is 12.1 Å². The third kappa shape index (κ3) is 9.84. The van der Waals surface area contributed by atoms with Gasteiger partial charge in [-0.3, -0.25) is 19.2 Å². The summed E-state index contributed by atoms with van der Waals surface area (Å²) in [4.78, 5) is 52.3. The van der Waals surface area contributed by atoms with Crippen LogP contribution in [0.2, 0.25) is 0 Å². The van der Waals surface area contributed by atoms with E-state index in [1.54, 1.807) is 7.05 Å². The molecule has 3 atom stereocenters. The number of nitrogens with two attached hydrogens (primary N) is 2. The van der Waals surface area contributed by atoms with Crippen LogP contribution in [0.25, 0.3) is 11.1 Å². The molecule has 1 aromatic heterocycles. The number of unbranched alkanes of at least 4 members (excludes halogenated alkanes) is 1. The van der Waals surface area contributed by atoms with Crippen LogP contribution in [-0.2, 0) is 32.0 Å². The van der Waals surface area contributed by atoms with E-state index >= 15 is 0 Å². The monoisotopic (exact) mass is 577 g/mol. The summed E-state index contributed by atoms with van der Waals surface area (Å²) < 4.78 is 0. The van der Waals surface area contributed by atoms with Gasteiger partial charge in [-0.15, -0.1) is 11.3 Å². The normalized spacial score (nSPS) is 13.0. The molecule has 0 saturated heterocycles. The summed E-state index contributed by atoms with van der Waals surface area (Å²) in [6.45, 7) is 1.91. The number of hydrogen-bond acceptors (Lipinski definition) is 6. The molecule has 0 spiro atoms. The predicted octanol–water partition coefficient (Wildman–Crippen LogP) is 2.63. The molecule has 6 N–H and O–H groups in total. The van der Waals surface area contributed by atoms with Crippen LogP contribution in [0.3, 0.4) is 0 Å². The van der Waals surface area contributed by atoms with Gasteiger partial charge >= 0.3 is 0 Å². The van der Waals surface area contributed by atoms with Crippen molar-refractivity contribution in [3.05, 3.63) is 82.6 Å². The third-order valence-electron chi connectivity index (χ3n) is 6.88. The van der Waals surface area contributed by atoms with Crippen molar-refractivity contribution in [1.29, 1.82) is 0 Å². The van der Waals surface area contributed by atoms with Crippen molar-refractivity contribution in [3.63, 3.8) is 0 Å². The highest BCUT2D eigenvalue weighted by atomic mass is 32.1. The van der Waals surface area contributed by atoms with Crippen LogP contribution >= 0.6 is 11.3 Å². The lowest BCUT2D eigenvalue weighted by molar-refractivity contribution is -0.140. The minimum absolute atomic E-state index is 0.128. The molecule has 0 fully saturated rings. The van der Waals surface area contributed by atoms with Gasteiger partial charge in [0, 0.05) is 31.8 Å². The molecule has 4 amide bonds. The Morgan fingerprint density at radius 2 is 1.59 bits per heavy atom. The zero-order chi connectivity index (χ0) is 29.8. The molecule has 0 radical (unpaired) electrons. The summed E-state index contributed by atoms with van der Waals surface area (Å²) in [6, 6.07) is 19.0. The minimum Gasteiger partial charge on any atom is -0.368 e. The van der Waals surface area contributed by atoms with Gasteiger partial charge in [0.2, 0.25) is 23.6 Å². The fourth-order valence-electron chi connectivity index (χ4n) is 4.54. The number of carbonyl (C=O) groups is 4. The molecule has 0 aliphatic heterocycles. The molecule has 218 valence electrons. The van der Waals surface area contributed by atoms with Gasteiger partial charge in [0.05, 0.1) is 6.04 Å². The maximum Gasteiger partial charge on any atom is 0.243 e. The lowest BCUT2D eigenvalue weighted by Crippen LogP contribution is -2.56. The quantitative estimate of drug-likeness (QED) is 0.205. The second-order valence-corrected chi connectivity index (χ2v) is 11.1. The highest BCUT2D eigenvalue weighted by Crippen LogP contribution is 2.20. The van der Waals surface area contributed by atoms with E-state index in [9.17, 15) is 19.2 Å². The van der Waals surface area contributed by atoms with Crippen LogP contribution in [0.5, 0.6) is 0 Å². The van der Waals surface area contributed by atoms with Crippen LogP contribution in [0.4, 0.5) is 0 Å². The number of hydrogen-bond donors (Lipinski definition) is 4. The average Bonchev–Trinajstić information content (AvgIpc) is 3.48. The summed E-state index contributed by atoms with van der Waals surface area (Å²) in [6.07, 6.45) is 2.12. The molecule has 3 aromatic rings. The van der Waals surface area contributed by atoms with E-state index in [0.29, 0.717) is 32.2 Å². The predicted molar refractivity (Wildman–Crippen MR) is 162 cm³/mol. The molecular formula is C31H39N5O4S. The summed E-state index contributed by atoms with van der Waals surface area (Å²) in [5.41, 5.74) is 15.0. The molecule has 2 aromatic carbocycles. The van der Waals surface area contributed by atoms with E-state index in [1.807, 2.05) is 72.1 Å². The Hall–Kier alpha value is -4.02. The van der Waals surface area contributed by atoms with Crippen molar-refractivity contribution in [3.8, 4) is 11.1 Å². The summed E-state index contributed by atoms with van der Waals surface area (Å²) in [5, 5.41) is 7.35. The first-order valence-electron chi connectivity index (χ1n) is 13.7. The van der Waals surface area contributed by atoms with Gasteiger partial charge in [-0.25, -0.2) is 0 Å². The van der Waals surface area contributed by atoms with Gasteiger partial charge in [-0.05, 0) is 53.8 Å². The highest BCUT2D eigenvalue weighted by Gasteiger charge is 2.32. The van der Waals surface area contributed by atoms with Gasteiger partial charge in [-0.2, -0.15) is 0 Å². The van der Waals surface area contributed by atoms with Gasteiger partial charge in [0.25, 0.3) is 0 Å². The van der Waals surface area contributed by atoms with Gasteiger partial charge < -0.3 is 27.0 Å². The maximum absolute atomic E-state index is 13.5. The third-order valence-corrected chi connectivity index (χ3v) is 7.78. The number of thiophene rings is 1. The molecule has 0 aliphatic rings. The van der Waals surface area contributed by atoms with Crippen LogP contribution in [-0.4, -0.2) is 60.2 Å². The van der Waals surface area contributed by atoms with Gasteiger partial charge in [-0.1, -0.05) is 60.7 Å². The Morgan fingerprint density at radius 3 is 2.20 bits per heavy atom. The molecule has 1 heterocycles. The van der Waals surface area contributed by atoms with Crippen molar-refractivity contribution < 1.29 is 19.2 Å². The fourth-order valence-corrected chi connectivity index (χ4v) is 5.28. The molecule has 41 heavy (non-hydrogen) atoms. The van der Waals surface area contributed by atoms with Crippen molar-refractivity contribution in [2.75, 3.05) is 13.6 Å². The zero-order valence-electron chi connectivity index (χ0n) is 23.5. The van der Waals surface area contributed by atoms with Crippen molar-refractivity contribution in [1.82, 2.24) is 15.5 Å². The molecule has 0 bridgehead atoms.